The Kier molecular flexibility index (Phi) is 3.60. The number of rotatable bonds is 3. The summed E-state index contributed by atoms with van der Waals surface area (Å²) in [7, 11) is 1.75. The maximum absolute atomic E-state index is 12.9. The molecule has 4 heterocycles. The molecule has 2 saturated heterocycles. The van der Waals surface area contributed by atoms with Crippen LogP contribution in [0.5, 0.6) is 0 Å². The van der Waals surface area contributed by atoms with E-state index < -0.39 is 0 Å². The number of amides is 1. The van der Waals surface area contributed by atoms with E-state index in [1.54, 1.807) is 17.8 Å². The first-order chi connectivity index (χ1) is 13.0. The molecule has 27 heavy (non-hydrogen) atoms. The van der Waals surface area contributed by atoms with Crippen molar-refractivity contribution >= 4 is 34.2 Å². The third kappa shape index (κ3) is 2.55. The quantitative estimate of drug-likeness (QED) is 0.735. The zero-order valence-electron chi connectivity index (χ0n) is 14.6. The van der Waals surface area contributed by atoms with E-state index in [1.165, 1.54) is 6.20 Å². The van der Waals surface area contributed by atoms with Crippen molar-refractivity contribution in [2.45, 2.75) is 25.0 Å². The molecule has 5 rings (SSSR count). The van der Waals surface area contributed by atoms with E-state index in [2.05, 4.69) is 20.0 Å². The van der Waals surface area contributed by atoms with E-state index in [-0.39, 0.29) is 23.6 Å². The minimum Gasteiger partial charge on any atom is -0.309 e. The lowest BCUT2D eigenvalue weighted by Crippen LogP contribution is -2.50. The van der Waals surface area contributed by atoms with Crippen LogP contribution in [0, 0.1) is 0 Å². The zero-order valence-corrected chi connectivity index (χ0v) is 15.3. The van der Waals surface area contributed by atoms with Crippen LogP contribution in [-0.4, -0.2) is 49.2 Å². The van der Waals surface area contributed by atoms with Gasteiger partial charge >= 0.3 is 0 Å². The summed E-state index contributed by atoms with van der Waals surface area (Å²) < 4.78 is 1.58. The summed E-state index contributed by atoms with van der Waals surface area (Å²) >= 11 is 6.08. The van der Waals surface area contributed by atoms with Gasteiger partial charge in [0.1, 0.15) is 11.2 Å². The van der Waals surface area contributed by atoms with Gasteiger partial charge in [0.25, 0.3) is 5.56 Å². The van der Waals surface area contributed by atoms with Crippen LogP contribution in [0.1, 0.15) is 12.2 Å². The van der Waals surface area contributed by atoms with Gasteiger partial charge in [-0.05, 0) is 24.6 Å². The van der Waals surface area contributed by atoms with Crippen molar-refractivity contribution in [3.63, 3.8) is 0 Å². The molecule has 2 unspecified atom stereocenters. The van der Waals surface area contributed by atoms with E-state index in [0.717, 1.165) is 18.7 Å². The fourth-order valence-electron chi connectivity index (χ4n) is 4.15. The average Bonchev–Trinajstić information content (AvgIpc) is 3.28. The van der Waals surface area contributed by atoms with Gasteiger partial charge in [-0.15, -0.1) is 0 Å². The number of benzene rings is 1. The predicted molar refractivity (Wildman–Crippen MR) is 101 cm³/mol. The smallest absolute Gasteiger partial charge is 0.262 e. The minimum absolute atomic E-state index is 0.0671. The molecule has 8 nitrogen and oxygen atoms in total. The predicted octanol–water partition coefficient (Wildman–Crippen LogP) is 1.30. The van der Waals surface area contributed by atoms with E-state index in [0.29, 0.717) is 28.4 Å². The van der Waals surface area contributed by atoms with Crippen LogP contribution in [0.3, 0.4) is 0 Å². The van der Waals surface area contributed by atoms with Crippen molar-refractivity contribution in [1.29, 1.82) is 0 Å². The molecule has 1 amide bonds. The summed E-state index contributed by atoms with van der Waals surface area (Å²) in [5.74, 6) is 0.614. The largest absolute Gasteiger partial charge is 0.309 e. The maximum atomic E-state index is 12.9. The second-order valence-corrected chi connectivity index (χ2v) is 7.48. The number of anilines is 1. The number of hydrogen-bond donors (Lipinski definition) is 1. The first-order valence-corrected chi connectivity index (χ1v) is 9.12. The van der Waals surface area contributed by atoms with Gasteiger partial charge in [0.2, 0.25) is 5.91 Å². The maximum Gasteiger partial charge on any atom is 0.262 e. The first-order valence-electron chi connectivity index (χ1n) is 8.75. The van der Waals surface area contributed by atoms with Gasteiger partial charge in [0, 0.05) is 24.3 Å². The van der Waals surface area contributed by atoms with Crippen LogP contribution in [0.2, 0.25) is 5.02 Å². The second-order valence-electron chi connectivity index (χ2n) is 7.04. The number of likely N-dealkylation sites (tertiary alicyclic amines) is 1. The number of aromatic amines is 1. The van der Waals surface area contributed by atoms with Crippen molar-refractivity contribution in [2.75, 3.05) is 11.4 Å². The van der Waals surface area contributed by atoms with Gasteiger partial charge in [-0.3, -0.25) is 19.2 Å². The van der Waals surface area contributed by atoms with E-state index in [4.69, 9.17) is 11.6 Å². The molecule has 9 heteroatoms. The van der Waals surface area contributed by atoms with E-state index >= 15 is 0 Å². The number of aryl methyl sites for hydroxylation is 1. The fraction of sp³-hybridized carbons (Fsp3) is 0.333. The number of hydrogen-bond acceptors (Lipinski definition) is 5. The van der Waals surface area contributed by atoms with E-state index in [9.17, 15) is 9.59 Å². The molecular weight excluding hydrogens is 368 g/mol. The number of nitrogens with zero attached hydrogens (tertiary/aromatic N) is 5. The first kappa shape index (κ1) is 16.5. The number of halogens is 1. The molecule has 1 aromatic carbocycles. The number of fused-ring (bicyclic) bond motifs is 3. The van der Waals surface area contributed by atoms with Crippen LogP contribution < -0.4 is 10.5 Å². The molecule has 2 aromatic heterocycles. The Bertz CT molecular complexity index is 1120. The Morgan fingerprint density at radius 3 is 2.96 bits per heavy atom. The second kappa shape index (κ2) is 5.90. The Hall–Kier alpha value is -2.71. The Labute approximate surface area is 159 Å². The Morgan fingerprint density at radius 1 is 1.33 bits per heavy atom. The lowest BCUT2D eigenvalue weighted by molar-refractivity contribution is -0.122. The van der Waals surface area contributed by atoms with Gasteiger partial charge in [0.15, 0.2) is 5.65 Å². The topological polar surface area (TPSA) is 87.1 Å². The summed E-state index contributed by atoms with van der Waals surface area (Å²) in [6, 6.07) is 7.28. The lowest BCUT2D eigenvalue weighted by Gasteiger charge is -2.33. The number of nitrogens with one attached hydrogen (secondary N) is 1. The van der Waals surface area contributed by atoms with E-state index in [1.807, 2.05) is 23.1 Å². The molecule has 2 aliphatic heterocycles. The molecule has 2 bridgehead atoms. The normalized spacial score (nSPS) is 22.3. The van der Waals surface area contributed by atoms with Crippen molar-refractivity contribution < 1.29 is 4.79 Å². The number of aromatic nitrogens is 4. The molecule has 138 valence electrons. The highest BCUT2D eigenvalue weighted by molar-refractivity contribution is 6.31. The zero-order chi connectivity index (χ0) is 18.7. The summed E-state index contributed by atoms with van der Waals surface area (Å²) in [5.41, 5.74) is 1.17. The Morgan fingerprint density at radius 2 is 2.19 bits per heavy atom. The highest BCUT2D eigenvalue weighted by atomic mass is 35.5. The van der Waals surface area contributed by atoms with Crippen molar-refractivity contribution in [3.8, 4) is 0 Å². The number of carbonyl (C=O) groups is 1. The SMILES string of the molecule is Cn1ncc2c(=O)[nH]c(CN3CC4CC3C(=O)N4c3cccc(Cl)c3)nc21. The van der Waals surface area contributed by atoms with Crippen LogP contribution >= 0.6 is 11.6 Å². The van der Waals surface area contributed by atoms with Gasteiger partial charge in [-0.1, -0.05) is 17.7 Å². The molecule has 2 aliphatic rings. The van der Waals surface area contributed by atoms with Gasteiger partial charge in [-0.2, -0.15) is 5.10 Å². The highest BCUT2D eigenvalue weighted by Gasteiger charge is 2.50. The molecular formula is C18H17ClN6O2. The number of carbonyl (C=O) groups excluding carboxylic acids is 1. The van der Waals surface area contributed by atoms with Crippen LogP contribution in [0.25, 0.3) is 11.0 Å². The summed E-state index contributed by atoms with van der Waals surface area (Å²) in [6.07, 6.45) is 2.28. The minimum atomic E-state index is -0.209. The molecule has 0 saturated carbocycles. The Balaban J connectivity index is 1.40. The van der Waals surface area contributed by atoms with Crippen molar-refractivity contribution in [3.05, 3.63) is 51.7 Å². The molecule has 0 spiro atoms. The number of piperazine rings is 1. The molecule has 0 aliphatic carbocycles. The molecule has 1 N–H and O–H groups in total. The van der Waals surface area contributed by atoms with Crippen molar-refractivity contribution in [2.24, 2.45) is 7.05 Å². The molecule has 3 aromatic rings. The van der Waals surface area contributed by atoms with Crippen LogP contribution in [0.15, 0.2) is 35.3 Å². The highest BCUT2D eigenvalue weighted by Crippen LogP contribution is 2.36. The summed E-state index contributed by atoms with van der Waals surface area (Å²) in [6.45, 7) is 1.16. The van der Waals surface area contributed by atoms with Gasteiger partial charge in [-0.25, -0.2) is 4.98 Å². The van der Waals surface area contributed by atoms with Crippen LogP contribution in [-0.2, 0) is 18.4 Å². The van der Waals surface area contributed by atoms with Crippen LogP contribution in [0.4, 0.5) is 5.69 Å². The standard InChI is InChI=1S/C18H17ClN6O2/c1-23-16-13(7-20-23)17(26)22-15(21-16)9-24-8-12-6-14(24)18(27)25(12)11-4-2-3-10(19)5-11/h2-5,7,12,14H,6,8-9H2,1H3,(H,21,22,26). The summed E-state index contributed by atoms with van der Waals surface area (Å²) in [5, 5.41) is 5.16. The monoisotopic (exact) mass is 384 g/mol. The third-order valence-electron chi connectivity index (χ3n) is 5.36. The fourth-order valence-corrected chi connectivity index (χ4v) is 4.33. The number of H-pyrrole nitrogens is 1. The molecule has 2 atom stereocenters. The molecule has 2 fully saturated rings. The average molecular weight is 385 g/mol. The van der Waals surface area contributed by atoms with Crippen molar-refractivity contribution in [1.82, 2.24) is 24.6 Å². The van der Waals surface area contributed by atoms with Gasteiger partial charge < -0.3 is 9.88 Å². The lowest BCUT2D eigenvalue weighted by atomic mass is 10.2. The van der Waals surface area contributed by atoms with Gasteiger partial charge in [0.05, 0.1) is 24.8 Å². The molecule has 0 radical (unpaired) electrons. The summed E-state index contributed by atoms with van der Waals surface area (Å²) in [4.78, 5) is 36.4. The third-order valence-corrected chi connectivity index (χ3v) is 5.59.